The standard InChI is InChI=1S/C19H23N3O3.C9H17NO2.ClH/c1-25-19(24)16(12-7-3-2-4-8-12)22-18(23)17-14(20)11-13-9-5-6-10-15(13)21-17;1-12-9(11)8(10)7-5-3-2-4-6-7;/h5-6,9-12,16H,2-4,7-8,20H2,1H3,(H,22,23);7-8H,2-6,10H2,1H3;1H/t16-;8-;/m00./s1. The minimum atomic E-state index is -0.662. The zero-order chi connectivity index (χ0) is 26.8. The summed E-state index contributed by atoms with van der Waals surface area (Å²) in [6.07, 6.45) is 10.9. The Labute approximate surface area is 230 Å². The predicted octanol–water partition coefficient (Wildman–Crippen LogP) is 4.16. The van der Waals surface area contributed by atoms with Gasteiger partial charge in [-0.3, -0.25) is 9.59 Å². The van der Waals surface area contributed by atoms with Gasteiger partial charge in [-0.25, -0.2) is 9.78 Å². The van der Waals surface area contributed by atoms with Crippen LogP contribution in [-0.2, 0) is 19.1 Å². The molecule has 1 heterocycles. The molecule has 10 heteroatoms. The van der Waals surface area contributed by atoms with E-state index in [-0.39, 0.29) is 30.0 Å². The molecular weight excluding hydrogens is 508 g/mol. The van der Waals surface area contributed by atoms with Crippen LogP contribution in [0, 0.1) is 11.8 Å². The third kappa shape index (κ3) is 8.30. The van der Waals surface area contributed by atoms with E-state index in [1.165, 1.54) is 33.5 Å². The normalized spacial score (nSPS) is 17.7. The topological polar surface area (TPSA) is 147 Å². The van der Waals surface area contributed by atoms with Gasteiger partial charge in [-0.15, -0.1) is 12.4 Å². The zero-order valence-electron chi connectivity index (χ0n) is 22.3. The van der Waals surface area contributed by atoms with Crippen LogP contribution in [0.1, 0.15) is 74.7 Å². The lowest BCUT2D eigenvalue weighted by Crippen LogP contribution is -2.47. The van der Waals surface area contributed by atoms with Gasteiger partial charge in [0.15, 0.2) is 5.69 Å². The summed E-state index contributed by atoms with van der Waals surface area (Å²) in [6.45, 7) is 0. The summed E-state index contributed by atoms with van der Waals surface area (Å²) in [6, 6.07) is 8.13. The number of carbonyl (C=O) groups excluding carboxylic acids is 3. The summed E-state index contributed by atoms with van der Waals surface area (Å²) in [7, 11) is 2.73. The number of rotatable bonds is 6. The Morgan fingerprint density at radius 2 is 1.45 bits per heavy atom. The minimum Gasteiger partial charge on any atom is -0.468 e. The van der Waals surface area contributed by atoms with Gasteiger partial charge < -0.3 is 26.3 Å². The van der Waals surface area contributed by atoms with E-state index in [0.29, 0.717) is 17.1 Å². The number of carbonyl (C=O) groups is 3. The zero-order valence-corrected chi connectivity index (χ0v) is 23.1. The molecule has 0 saturated heterocycles. The van der Waals surface area contributed by atoms with Crippen molar-refractivity contribution in [3.63, 3.8) is 0 Å². The molecule has 2 atom stereocenters. The molecule has 0 aliphatic heterocycles. The number of hydrogen-bond acceptors (Lipinski definition) is 8. The number of nitrogen functional groups attached to an aromatic ring is 1. The number of benzene rings is 1. The fourth-order valence-corrected chi connectivity index (χ4v) is 5.31. The fourth-order valence-electron chi connectivity index (χ4n) is 5.31. The molecule has 0 spiro atoms. The van der Waals surface area contributed by atoms with E-state index in [1.807, 2.05) is 24.3 Å². The number of nitrogens with two attached hydrogens (primary N) is 2. The van der Waals surface area contributed by atoms with Gasteiger partial charge in [0, 0.05) is 5.39 Å². The number of methoxy groups -OCH3 is 2. The van der Waals surface area contributed by atoms with Crippen molar-refractivity contribution in [2.75, 3.05) is 20.0 Å². The van der Waals surface area contributed by atoms with E-state index in [2.05, 4.69) is 15.0 Å². The van der Waals surface area contributed by atoms with E-state index in [9.17, 15) is 14.4 Å². The molecule has 1 aromatic carbocycles. The van der Waals surface area contributed by atoms with E-state index in [4.69, 9.17) is 16.2 Å². The monoisotopic (exact) mass is 548 g/mol. The highest BCUT2D eigenvalue weighted by Crippen LogP contribution is 2.28. The molecule has 1 aromatic heterocycles. The highest BCUT2D eigenvalue weighted by Gasteiger charge is 2.32. The van der Waals surface area contributed by atoms with E-state index < -0.39 is 24.0 Å². The maximum atomic E-state index is 12.7. The quantitative estimate of drug-likeness (QED) is 0.456. The number of halogens is 1. The number of amides is 1. The molecule has 0 unspecified atom stereocenters. The van der Waals surface area contributed by atoms with Gasteiger partial charge >= 0.3 is 11.9 Å². The lowest BCUT2D eigenvalue weighted by Gasteiger charge is -2.29. The number of nitrogens with zero attached hydrogens (tertiary/aromatic N) is 1. The van der Waals surface area contributed by atoms with Crippen LogP contribution in [0.5, 0.6) is 0 Å². The summed E-state index contributed by atoms with van der Waals surface area (Å²) >= 11 is 0. The third-order valence-electron chi connectivity index (χ3n) is 7.46. The van der Waals surface area contributed by atoms with Gasteiger partial charge in [0.1, 0.15) is 12.1 Å². The van der Waals surface area contributed by atoms with E-state index >= 15 is 0 Å². The van der Waals surface area contributed by atoms with Gasteiger partial charge in [-0.1, -0.05) is 56.7 Å². The van der Waals surface area contributed by atoms with E-state index in [0.717, 1.165) is 50.3 Å². The molecule has 38 heavy (non-hydrogen) atoms. The number of esters is 2. The van der Waals surface area contributed by atoms with Gasteiger partial charge in [-0.05, 0) is 49.7 Å². The summed E-state index contributed by atoms with van der Waals surface area (Å²) in [5.74, 6) is -0.677. The molecule has 2 aliphatic rings. The molecule has 9 nitrogen and oxygen atoms in total. The summed E-state index contributed by atoms with van der Waals surface area (Å²) in [5, 5.41) is 3.67. The number of para-hydroxylation sites is 1. The molecule has 4 rings (SSSR count). The van der Waals surface area contributed by atoms with Crippen molar-refractivity contribution < 1.29 is 23.9 Å². The maximum absolute atomic E-state index is 12.7. The van der Waals surface area contributed by atoms with Crippen molar-refractivity contribution in [1.29, 1.82) is 0 Å². The average molecular weight is 549 g/mol. The Balaban J connectivity index is 0.000000330. The molecule has 0 radical (unpaired) electrons. The second kappa shape index (κ2) is 15.5. The fraction of sp³-hybridized carbons (Fsp3) is 0.571. The lowest BCUT2D eigenvalue weighted by molar-refractivity contribution is -0.145. The Kier molecular flexibility index (Phi) is 12.8. The number of pyridine rings is 1. The van der Waals surface area contributed by atoms with Crippen molar-refractivity contribution in [2.24, 2.45) is 17.6 Å². The van der Waals surface area contributed by atoms with Crippen molar-refractivity contribution in [1.82, 2.24) is 10.3 Å². The molecular formula is C28H41ClN4O5. The second-order valence-electron chi connectivity index (χ2n) is 9.94. The number of aromatic nitrogens is 1. The Morgan fingerprint density at radius 3 is 2.03 bits per heavy atom. The first-order valence-corrected chi connectivity index (χ1v) is 13.2. The third-order valence-corrected chi connectivity index (χ3v) is 7.46. The average Bonchev–Trinajstić information content (AvgIpc) is 2.95. The molecule has 2 aromatic rings. The van der Waals surface area contributed by atoms with Crippen molar-refractivity contribution in [3.8, 4) is 0 Å². The van der Waals surface area contributed by atoms with Gasteiger partial charge in [0.05, 0.1) is 25.4 Å². The van der Waals surface area contributed by atoms with Crippen LogP contribution in [0.4, 0.5) is 5.69 Å². The van der Waals surface area contributed by atoms with Crippen LogP contribution < -0.4 is 16.8 Å². The van der Waals surface area contributed by atoms with Crippen LogP contribution in [0.3, 0.4) is 0 Å². The highest BCUT2D eigenvalue weighted by atomic mass is 35.5. The first kappa shape index (κ1) is 31.3. The number of fused-ring (bicyclic) bond motifs is 1. The molecule has 210 valence electrons. The smallest absolute Gasteiger partial charge is 0.328 e. The predicted molar refractivity (Wildman–Crippen MR) is 150 cm³/mol. The molecule has 1 amide bonds. The largest absolute Gasteiger partial charge is 0.468 e. The van der Waals surface area contributed by atoms with Crippen molar-refractivity contribution >= 4 is 46.8 Å². The van der Waals surface area contributed by atoms with Crippen molar-refractivity contribution in [2.45, 2.75) is 76.3 Å². The molecule has 2 saturated carbocycles. The lowest BCUT2D eigenvalue weighted by atomic mass is 9.84. The Hall–Kier alpha value is -2.91. The summed E-state index contributed by atoms with van der Waals surface area (Å²) in [5.41, 5.74) is 12.9. The van der Waals surface area contributed by atoms with Crippen LogP contribution in [0.15, 0.2) is 30.3 Å². The second-order valence-corrected chi connectivity index (χ2v) is 9.94. The van der Waals surface area contributed by atoms with Crippen LogP contribution in [-0.4, -0.2) is 49.1 Å². The number of hydrogen-bond donors (Lipinski definition) is 3. The van der Waals surface area contributed by atoms with Gasteiger partial charge in [0.2, 0.25) is 0 Å². The number of nitrogens with one attached hydrogen (secondary N) is 1. The van der Waals surface area contributed by atoms with Crippen molar-refractivity contribution in [3.05, 3.63) is 36.0 Å². The van der Waals surface area contributed by atoms with Gasteiger partial charge in [-0.2, -0.15) is 0 Å². The highest BCUT2D eigenvalue weighted by molar-refractivity contribution is 6.01. The minimum absolute atomic E-state index is 0. The van der Waals surface area contributed by atoms with Gasteiger partial charge in [0.25, 0.3) is 5.91 Å². The SMILES string of the molecule is COC(=O)[C@@H](N)C1CCCCC1.COC(=O)[C@@H](NC(=O)c1nc2ccccc2cc1N)C1CCCCC1.Cl. The maximum Gasteiger partial charge on any atom is 0.328 e. The van der Waals surface area contributed by atoms with Crippen LogP contribution >= 0.6 is 12.4 Å². The Bertz CT molecular complexity index is 1070. The Morgan fingerprint density at radius 1 is 0.895 bits per heavy atom. The first-order chi connectivity index (χ1) is 17.8. The first-order valence-electron chi connectivity index (χ1n) is 13.2. The number of anilines is 1. The summed E-state index contributed by atoms with van der Waals surface area (Å²) < 4.78 is 9.50. The summed E-state index contributed by atoms with van der Waals surface area (Å²) in [4.78, 5) is 40.3. The molecule has 0 bridgehead atoms. The molecule has 2 aliphatic carbocycles. The number of ether oxygens (including phenoxy) is 2. The van der Waals surface area contributed by atoms with E-state index in [1.54, 1.807) is 6.07 Å². The molecule has 2 fully saturated rings. The molecule has 5 N–H and O–H groups in total. The van der Waals surface area contributed by atoms with Crippen LogP contribution in [0.25, 0.3) is 10.9 Å². The van der Waals surface area contributed by atoms with Crippen LogP contribution in [0.2, 0.25) is 0 Å².